The third-order valence-corrected chi connectivity index (χ3v) is 2.76. The Balaban J connectivity index is 2.75. The van der Waals surface area contributed by atoms with Crippen molar-refractivity contribution < 1.29 is 18.7 Å². The highest BCUT2D eigenvalue weighted by Gasteiger charge is 2.17. The van der Waals surface area contributed by atoms with Crippen molar-refractivity contribution in [3.63, 3.8) is 0 Å². The van der Waals surface area contributed by atoms with E-state index in [1.165, 1.54) is 13.1 Å². The monoisotopic (exact) mass is 284 g/mol. The normalized spacial score (nSPS) is 12.0. The van der Waals surface area contributed by atoms with E-state index in [9.17, 15) is 9.18 Å². The molecule has 2 N–H and O–H groups in total. The van der Waals surface area contributed by atoms with E-state index in [-0.39, 0.29) is 11.7 Å². The second-order valence-corrected chi connectivity index (χ2v) is 4.27. The molecule has 0 saturated heterocycles. The van der Waals surface area contributed by atoms with Gasteiger partial charge in [0, 0.05) is 32.8 Å². The van der Waals surface area contributed by atoms with E-state index in [1.807, 2.05) is 0 Å². The molecular weight excluding hydrogens is 263 g/mol. The molecular formula is C14H21FN2O3. The minimum Gasteiger partial charge on any atom is -0.477 e. The fraction of sp³-hybridized carbons (Fsp3) is 0.500. The number of rotatable bonds is 8. The van der Waals surface area contributed by atoms with Crippen molar-refractivity contribution in [1.29, 1.82) is 0 Å². The number of amides is 1. The SMILES string of the molecule is CNC(=O)C(C)Oc1c(F)cccc1CNCCOC. The lowest BCUT2D eigenvalue weighted by Gasteiger charge is -2.17. The van der Waals surface area contributed by atoms with E-state index in [0.29, 0.717) is 25.3 Å². The molecule has 5 nitrogen and oxygen atoms in total. The fourth-order valence-corrected chi connectivity index (χ4v) is 1.66. The van der Waals surface area contributed by atoms with Gasteiger partial charge in [0.2, 0.25) is 0 Å². The van der Waals surface area contributed by atoms with E-state index in [4.69, 9.17) is 9.47 Å². The molecule has 0 aromatic heterocycles. The number of halogens is 1. The summed E-state index contributed by atoms with van der Waals surface area (Å²) in [5, 5.41) is 5.58. The number of carbonyl (C=O) groups is 1. The van der Waals surface area contributed by atoms with Gasteiger partial charge in [-0.25, -0.2) is 4.39 Å². The van der Waals surface area contributed by atoms with Crippen LogP contribution in [0.5, 0.6) is 5.75 Å². The van der Waals surface area contributed by atoms with Crippen LogP contribution in [0.1, 0.15) is 12.5 Å². The largest absolute Gasteiger partial charge is 0.477 e. The summed E-state index contributed by atoms with van der Waals surface area (Å²) in [7, 11) is 3.13. The molecule has 1 amide bonds. The molecule has 6 heteroatoms. The Morgan fingerprint density at radius 1 is 1.45 bits per heavy atom. The van der Waals surface area contributed by atoms with Gasteiger partial charge in [-0.3, -0.25) is 4.79 Å². The maximum absolute atomic E-state index is 13.8. The van der Waals surface area contributed by atoms with Crippen LogP contribution in [-0.2, 0) is 16.1 Å². The summed E-state index contributed by atoms with van der Waals surface area (Å²) in [5.74, 6) is -0.674. The number of methoxy groups -OCH3 is 1. The Morgan fingerprint density at radius 2 is 2.20 bits per heavy atom. The van der Waals surface area contributed by atoms with Gasteiger partial charge in [-0.05, 0) is 13.0 Å². The van der Waals surface area contributed by atoms with Crippen molar-refractivity contribution >= 4 is 5.91 Å². The topological polar surface area (TPSA) is 59.6 Å². The number of ether oxygens (including phenoxy) is 2. The Hall–Kier alpha value is -1.66. The van der Waals surface area contributed by atoms with Gasteiger partial charge in [-0.2, -0.15) is 0 Å². The zero-order valence-electron chi connectivity index (χ0n) is 12.0. The van der Waals surface area contributed by atoms with Gasteiger partial charge in [-0.1, -0.05) is 12.1 Å². The number of benzene rings is 1. The summed E-state index contributed by atoms with van der Waals surface area (Å²) in [4.78, 5) is 11.4. The molecule has 0 aliphatic heterocycles. The van der Waals surface area contributed by atoms with Crippen LogP contribution >= 0.6 is 0 Å². The lowest BCUT2D eigenvalue weighted by Crippen LogP contribution is -2.34. The summed E-state index contributed by atoms with van der Waals surface area (Å²) < 4.78 is 24.2. The Labute approximate surface area is 118 Å². The molecule has 20 heavy (non-hydrogen) atoms. The van der Waals surface area contributed by atoms with Gasteiger partial charge in [0.15, 0.2) is 17.7 Å². The second-order valence-electron chi connectivity index (χ2n) is 4.27. The van der Waals surface area contributed by atoms with Crippen molar-refractivity contribution in [2.75, 3.05) is 27.3 Å². The standard InChI is InChI=1S/C14H21FN2O3/c1-10(14(18)16-2)20-13-11(5-4-6-12(13)15)9-17-7-8-19-3/h4-6,10,17H,7-9H2,1-3H3,(H,16,18). The smallest absolute Gasteiger partial charge is 0.260 e. The lowest BCUT2D eigenvalue weighted by molar-refractivity contribution is -0.126. The summed E-state index contributed by atoms with van der Waals surface area (Å²) in [6.45, 7) is 3.24. The highest BCUT2D eigenvalue weighted by atomic mass is 19.1. The third kappa shape index (κ3) is 4.79. The van der Waals surface area contributed by atoms with E-state index in [1.54, 1.807) is 26.2 Å². The maximum atomic E-state index is 13.8. The summed E-state index contributed by atoms with van der Waals surface area (Å²) in [6, 6.07) is 4.68. The first-order valence-corrected chi connectivity index (χ1v) is 6.45. The predicted molar refractivity (Wildman–Crippen MR) is 74.1 cm³/mol. The molecule has 1 atom stereocenters. The molecule has 1 unspecified atom stereocenters. The number of hydrogen-bond acceptors (Lipinski definition) is 4. The fourth-order valence-electron chi connectivity index (χ4n) is 1.66. The third-order valence-electron chi connectivity index (χ3n) is 2.76. The number of para-hydroxylation sites is 1. The number of nitrogens with one attached hydrogen (secondary N) is 2. The van der Waals surface area contributed by atoms with Crippen LogP contribution in [0.15, 0.2) is 18.2 Å². The Bertz CT molecular complexity index is 440. The van der Waals surface area contributed by atoms with Crippen molar-refractivity contribution in [2.45, 2.75) is 19.6 Å². The van der Waals surface area contributed by atoms with E-state index < -0.39 is 11.9 Å². The van der Waals surface area contributed by atoms with Gasteiger partial charge >= 0.3 is 0 Å². The zero-order chi connectivity index (χ0) is 15.0. The number of likely N-dealkylation sites (N-methyl/N-ethyl adjacent to an activating group) is 1. The molecule has 0 fully saturated rings. The van der Waals surface area contributed by atoms with Crippen LogP contribution in [-0.4, -0.2) is 39.3 Å². The van der Waals surface area contributed by atoms with Crippen LogP contribution in [0.3, 0.4) is 0 Å². The van der Waals surface area contributed by atoms with Crippen LogP contribution in [0, 0.1) is 5.82 Å². The summed E-state index contributed by atoms with van der Waals surface area (Å²) >= 11 is 0. The van der Waals surface area contributed by atoms with Crippen LogP contribution in [0.25, 0.3) is 0 Å². The van der Waals surface area contributed by atoms with Gasteiger partial charge in [-0.15, -0.1) is 0 Å². The second kappa shape index (κ2) is 8.50. The quantitative estimate of drug-likeness (QED) is 0.701. The summed E-state index contributed by atoms with van der Waals surface area (Å²) in [5.41, 5.74) is 0.664. The van der Waals surface area contributed by atoms with Crippen molar-refractivity contribution in [3.05, 3.63) is 29.6 Å². The molecule has 0 heterocycles. The van der Waals surface area contributed by atoms with Crippen molar-refractivity contribution in [2.24, 2.45) is 0 Å². The molecule has 0 spiro atoms. The molecule has 0 radical (unpaired) electrons. The first-order valence-electron chi connectivity index (χ1n) is 6.45. The lowest BCUT2D eigenvalue weighted by atomic mass is 10.2. The molecule has 1 aromatic rings. The van der Waals surface area contributed by atoms with Crippen LogP contribution < -0.4 is 15.4 Å². The van der Waals surface area contributed by atoms with Crippen molar-refractivity contribution in [1.82, 2.24) is 10.6 Å². The Kier molecular flexibility index (Phi) is 6.97. The van der Waals surface area contributed by atoms with Gasteiger partial charge in [0.25, 0.3) is 5.91 Å². The molecule has 0 saturated carbocycles. The highest BCUT2D eigenvalue weighted by Crippen LogP contribution is 2.23. The number of carbonyl (C=O) groups excluding carboxylic acids is 1. The molecule has 1 rings (SSSR count). The van der Waals surface area contributed by atoms with Gasteiger partial charge in [0.1, 0.15) is 0 Å². The van der Waals surface area contributed by atoms with E-state index >= 15 is 0 Å². The average Bonchev–Trinajstić information content (AvgIpc) is 2.45. The minimum absolute atomic E-state index is 0.105. The van der Waals surface area contributed by atoms with E-state index in [0.717, 1.165) is 0 Å². The Morgan fingerprint density at radius 3 is 2.85 bits per heavy atom. The molecule has 112 valence electrons. The molecule has 0 bridgehead atoms. The minimum atomic E-state index is -0.755. The van der Waals surface area contributed by atoms with E-state index in [2.05, 4.69) is 10.6 Å². The highest BCUT2D eigenvalue weighted by molar-refractivity contribution is 5.80. The van der Waals surface area contributed by atoms with Crippen molar-refractivity contribution in [3.8, 4) is 5.75 Å². The first kappa shape index (κ1) is 16.4. The van der Waals surface area contributed by atoms with Crippen LogP contribution in [0.2, 0.25) is 0 Å². The molecule has 0 aliphatic rings. The zero-order valence-corrected chi connectivity index (χ0v) is 12.0. The maximum Gasteiger partial charge on any atom is 0.260 e. The first-order chi connectivity index (χ1) is 9.60. The average molecular weight is 284 g/mol. The van der Waals surface area contributed by atoms with Gasteiger partial charge in [0.05, 0.1) is 6.61 Å². The predicted octanol–water partition coefficient (Wildman–Crippen LogP) is 1.07. The van der Waals surface area contributed by atoms with Crippen LogP contribution in [0.4, 0.5) is 4.39 Å². The van der Waals surface area contributed by atoms with Gasteiger partial charge < -0.3 is 20.1 Å². The molecule has 1 aromatic carbocycles. The molecule has 0 aliphatic carbocycles. The number of hydrogen-bond donors (Lipinski definition) is 2. The summed E-state index contributed by atoms with van der Waals surface area (Å²) in [6.07, 6.45) is -0.755.